The van der Waals surface area contributed by atoms with Crippen LogP contribution in [0.1, 0.15) is 0 Å². The summed E-state index contributed by atoms with van der Waals surface area (Å²) >= 11 is 4.71. The lowest BCUT2D eigenvalue weighted by molar-refractivity contribution is 0.386. The number of hydrogen-bond donors (Lipinski definition) is 1. The molecule has 1 N–H and O–H groups in total. The summed E-state index contributed by atoms with van der Waals surface area (Å²) < 4.78 is 22.7. The Labute approximate surface area is 89.7 Å². The van der Waals surface area contributed by atoms with Crippen molar-refractivity contribution < 1.29 is 13.7 Å². The molecule has 4 nitrogen and oxygen atoms in total. The van der Waals surface area contributed by atoms with Crippen LogP contribution < -0.4 is 4.74 Å². The zero-order chi connectivity index (χ0) is 10.8. The standard InChI is InChI=1S/C9H7FN2O2S/c1-13-7-4-5(2-3-6(7)10)8-11-9(15)14-12-8/h2-4H,1H3,(H,11,12,15). The molecule has 0 aliphatic rings. The Morgan fingerprint density at radius 2 is 2.33 bits per heavy atom. The number of hydrogen-bond acceptors (Lipinski definition) is 4. The van der Waals surface area contributed by atoms with Crippen molar-refractivity contribution in [2.45, 2.75) is 0 Å². The van der Waals surface area contributed by atoms with E-state index in [0.29, 0.717) is 11.4 Å². The molecule has 1 aromatic carbocycles. The van der Waals surface area contributed by atoms with Crippen LogP contribution in [0.2, 0.25) is 0 Å². The number of aromatic amines is 1. The normalized spacial score (nSPS) is 10.3. The van der Waals surface area contributed by atoms with Crippen molar-refractivity contribution in [2.75, 3.05) is 7.11 Å². The number of H-pyrrole nitrogens is 1. The Bertz CT molecular complexity index is 535. The van der Waals surface area contributed by atoms with Gasteiger partial charge in [-0.05, 0) is 30.4 Å². The van der Waals surface area contributed by atoms with Crippen LogP contribution in [0.4, 0.5) is 4.39 Å². The second-order valence-electron chi connectivity index (χ2n) is 2.78. The maximum atomic E-state index is 13.1. The number of benzene rings is 1. The Balaban J connectivity index is 2.50. The fraction of sp³-hybridized carbons (Fsp3) is 0.111. The zero-order valence-corrected chi connectivity index (χ0v) is 8.60. The first-order chi connectivity index (χ1) is 7.20. The average molecular weight is 226 g/mol. The van der Waals surface area contributed by atoms with E-state index in [-0.39, 0.29) is 10.6 Å². The van der Waals surface area contributed by atoms with Gasteiger partial charge in [-0.3, -0.25) is 0 Å². The van der Waals surface area contributed by atoms with Crippen molar-refractivity contribution in [1.29, 1.82) is 0 Å². The van der Waals surface area contributed by atoms with E-state index in [2.05, 4.69) is 10.1 Å². The van der Waals surface area contributed by atoms with Gasteiger partial charge in [0, 0.05) is 5.56 Å². The van der Waals surface area contributed by atoms with Gasteiger partial charge in [-0.15, -0.1) is 0 Å². The molecule has 1 aromatic heterocycles. The number of nitrogens with zero attached hydrogens (tertiary/aromatic N) is 1. The van der Waals surface area contributed by atoms with E-state index in [4.69, 9.17) is 21.5 Å². The maximum absolute atomic E-state index is 13.1. The summed E-state index contributed by atoms with van der Waals surface area (Å²) in [4.78, 5) is 4.01. The zero-order valence-electron chi connectivity index (χ0n) is 7.78. The maximum Gasteiger partial charge on any atom is 0.314 e. The number of halogens is 1. The second kappa shape index (κ2) is 3.82. The minimum atomic E-state index is -0.427. The van der Waals surface area contributed by atoms with E-state index in [1.807, 2.05) is 0 Å². The van der Waals surface area contributed by atoms with Gasteiger partial charge in [0.05, 0.1) is 7.11 Å². The van der Waals surface area contributed by atoms with Crippen molar-refractivity contribution in [3.05, 3.63) is 28.9 Å². The van der Waals surface area contributed by atoms with Gasteiger partial charge in [0.15, 0.2) is 17.4 Å². The lowest BCUT2D eigenvalue weighted by Gasteiger charge is -2.02. The molecule has 6 heteroatoms. The van der Waals surface area contributed by atoms with Gasteiger partial charge in [0.1, 0.15) is 0 Å². The summed E-state index contributed by atoms with van der Waals surface area (Å²) in [5.41, 5.74) is 0.646. The number of rotatable bonds is 2. The minimum absolute atomic E-state index is 0.105. The van der Waals surface area contributed by atoms with E-state index >= 15 is 0 Å². The van der Waals surface area contributed by atoms with Gasteiger partial charge in [0.2, 0.25) is 0 Å². The average Bonchev–Trinajstić information content (AvgIpc) is 2.66. The molecule has 1 heterocycles. The predicted octanol–water partition coefficient (Wildman–Crippen LogP) is 2.55. The van der Waals surface area contributed by atoms with Crippen molar-refractivity contribution in [3.8, 4) is 17.1 Å². The minimum Gasteiger partial charge on any atom is -0.494 e. The summed E-state index contributed by atoms with van der Waals surface area (Å²) in [6.45, 7) is 0. The largest absolute Gasteiger partial charge is 0.494 e. The van der Waals surface area contributed by atoms with Gasteiger partial charge in [-0.2, -0.15) is 4.98 Å². The molecule has 0 radical (unpaired) electrons. The molecule has 0 unspecified atom stereocenters. The first-order valence-corrected chi connectivity index (χ1v) is 4.51. The van der Waals surface area contributed by atoms with Crippen LogP contribution in [-0.2, 0) is 0 Å². The molecule has 0 spiro atoms. The fourth-order valence-electron chi connectivity index (χ4n) is 1.16. The molecule has 0 saturated heterocycles. The van der Waals surface area contributed by atoms with E-state index in [1.165, 1.54) is 19.2 Å². The van der Waals surface area contributed by atoms with Crippen LogP contribution in [0.15, 0.2) is 22.7 Å². The summed E-state index contributed by atoms with van der Waals surface area (Å²) in [6, 6.07) is 4.36. The van der Waals surface area contributed by atoms with Gasteiger partial charge in [0.25, 0.3) is 0 Å². The monoisotopic (exact) mass is 226 g/mol. The van der Waals surface area contributed by atoms with Gasteiger partial charge < -0.3 is 9.26 Å². The van der Waals surface area contributed by atoms with Crippen molar-refractivity contribution in [3.63, 3.8) is 0 Å². The van der Waals surface area contributed by atoms with E-state index in [9.17, 15) is 4.39 Å². The van der Waals surface area contributed by atoms with Crippen molar-refractivity contribution >= 4 is 12.2 Å². The highest BCUT2D eigenvalue weighted by atomic mass is 32.1. The summed E-state index contributed by atoms with van der Waals surface area (Å²) in [7, 11) is 1.40. The second-order valence-corrected chi connectivity index (χ2v) is 3.13. The third-order valence-electron chi connectivity index (χ3n) is 1.86. The molecule has 0 amide bonds. The fourth-order valence-corrected chi connectivity index (χ4v) is 1.29. The molecule has 15 heavy (non-hydrogen) atoms. The number of aromatic nitrogens is 2. The lowest BCUT2D eigenvalue weighted by Crippen LogP contribution is -1.89. The molecule has 0 saturated carbocycles. The molecule has 0 aliphatic carbocycles. The van der Waals surface area contributed by atoms with Crippen LogP contribution in [0.25, 0.3) is 11.4 Å². The van der Waals surface area contributed by atoms with Gasteiger partial charge in [-0.1, -0.05) is 0 Å². The Morgan fingerprint density at radius 1 is 1.53 bits per heavy atom. The number of methoxy groups -OCH3 is 1. The van der Waals surface area contributed by atoms with E-state index in [1.54, 1.807) is 6.07 Å². The van der Waals surface area contributed by atoms with Crippen LogP contribution in [0.3, 0.4) is 0 Å². The summed E-state index contributed by atoms with van der Waals surface area (Å²) in [5, 5.41) is 2.52. The van der Waals surface area contributed by atoms with Gasteiger partial charge >= 0.3 is 4.84 Å². The molecule has 0 atom stereocenters. The molecule has 2 rings (SSSR count). The number of ether oxygens (including phenoxy) is 1. The van der Waals surface area contributed by atoms with Crippen LogP contribution in [0, 0.1) is 10.7 Å². The van der Waals surface area contributed by atoms with Gasteiger partial charge in [-0.25, -0.2) is 9.55 Å². The molecular formula is C9H7FN2O2S. The summed E-state index contributed by atoms with van der Waals surface area (Å²) in [5.74, 6) is 0.163. The Hall–Kier alpha value is -1.69. The molecule has 0 fully saturated rings. The summed E-state index contributed by atoms with van der Waals surface area (Å²) in [6.07, 6.45) is 0. The third kappa shape index (κ3) is 1.89. The number of nitrogens with one attached hydrogen (secondary N) is 1. The van der Waals surface area contributed by atoms with E-state index < -0.39 is 5.82 Å². The van der Waals surface area contributed by atoms with Crippen molar-refractivity contribution in [1.82, 2.24) is 10.1 Å². The highest BCUT2D eigenvalue weighted by Crippen LogP contribution is 2.23. The highest BCUT2D eigenvalue weighted by Gasteiger charge is 2.07. The smallest absolute Gasteiger partial charge is 0.314 e. The van der Waals surface area contributed by atoms with Crippen LogP contribution in [0.5, 0.6) is 5.75 Å². The first-order valence-electron chi connectivity index (χ1n) is 4.10. The molecule has 0 aliphatic heterocycles. The topological polar surface area (TPSA) is 51.1 Å². The molecule has 78 valence electrons. The predicted molar refractivity (Wildman–Crippen MR) is 53.6 cm³/mol. The lowest BCUT2D eigenvalue weighted by atomic mass is 10.2. The first kappa shape index (κ1) is 9.85. The van der Waals surface area contributed by atoms with Crippen LogP contribution >= 0.6 is 12.2 Å². The Morgan fingerprint density at radius 3 is 2.93 bits per heavy atom. The molecular weight excluding hydrogens is 219 g/mol. The Kier molecular flexibility index (Phi) is 2.51. The highest BCUT2D eigenvalue weighted by molar-refractivity contribution is 7.71. The van der Waals surface area contributed by atoms with Crippen molar-refractivity contribution in [2.24, 2.45) is 0 Å². The van der Waals surface area contributed by atoms with Crippen LogP contribution in [-0.4, -0.2) is 17.3 Å². The molecule has 0 bridgehead atoms. The molecule has 2 aromatic rings. The van der Waals surface area contributed by atoms with E-state index in [0.717, 1.165) is 0 Å². The SMILES string of the molecule is COc1cc(-c2nc(=S)o[nH]2)ccc1F. The third-order valence-corrected chi connectivity index (χ3v) is 2.04. The quantitative estimate of drug-likeness (QED) is 0.799.